The van der Waals surface area contributed by atoms with Crippen molar-refractivity contribution in [3.8, 4) is 0 Å². The summed E-state index contributed by atoms with van der Waals surface area (Å²) >= 11 is 0. The van der Waals surface area contributed by atoms with Gasteiger partial charge in [0, 0.05) is 19.1 Å². The number of benzene rings is 1. The van der Waals surface area contributed by atoms with E-state index in [0.717, 1.165) is 18.9 Å². The third kappa shape index (κ3) is 4.69. The molecule has 0 spiro atoms. The zero-order chi connectivity index (χ0) is 16.8. The van der Waals surface area contributed by atoms with Crippen molar-refractivity contribution >= 4 is 11.7 Å². The molecule has 0 radical (unpaired) electrons. The number of amides is 2. The van der Waals surface area contributed by atoms with Gasteiger partial charge in [0.1, 0.15) is 5.82 Å². The molecule has 1 heterocycles. The second-order valence-corrected chi connectivity index (χ2v) is 7.11. The highest BCUT2D eigenvalue weighted by atomic mass is 19.1. The first kappa shape index (κ1) is 17.2. The monoisotopic (exact) mass is 333 g/mol. The number of hydrogen-bond acceptors (Lipinski definition) is 2. The molecule has 1 aromatic carbocycles. The van der Waals surface area contributed by atoms with Gasteiger partial charge in [-0.25, -0.2) is 9.18 Å². The third-order valence-electron chi connectivity index (χ3n) is 5.34. The van der Waals surface area contributed by atoms with Crippen LogP contribution in [0.1, 0.15) is 44.9 Å². The van der Waals surface area contributed by atoms with Gasteiger partial charge in [-0.3, -0.25) is 4.90 Å². The largest absolute Gasteiger partial charge is 0.336 e. The second-order valence-electron chi connectivity index (χ2n) is 7.11. The van der Waals surface area contributed by atoms with Crippen LogP contribution in [-0.2, 0) is 0 Å². The average Bonchev–Trinajstić information content (AvgIpc) is 3.03. The van der Waals surface area contributed by atoms with Gasteiger partial charge in [-0.1, -0.05) is 31.4 Å². The van der Waals surface area contributed by atoms with Gasteiger partial charge < -0.3 is 10.6 Å². The minimum atomic E-state index is -0.410. The van der Waals surface area contributed by atoms with E-state index in [0.29, 0.717) is 12.6 Å². The topological polar surface area (TPSA) is 44.4 Å². The first-order valence-electron chi connectivity index (χ1n) is 9.26. The number of nitrogens with one attached hydrogen (secondary N) is 2. The summed E-state index contributed by atoms with van der Waals surface area (Å²) in [5.74, 6) is 0.416. The van der Waals surface area contributed by atoms with Crippen LogP contribution in [0.5, 0.6) is 0 Å². The fourth-order valence-corrected chi connectivity index (χ4v) is 4.01. The number of carbonyl (C=O) groups excluding carboxylic acids is 1. The van der Waals surface area contributed by atoms with E-state index in [-0.39, 0.29) is 11.7 Å². The van der Waals surface area contributed by atoms with E-state index in [2.05, 4.69) is 15.5 Å². The van der Waals surface area contributed by atoms with E-state index in [1.54, 1.807) is 18.2 Å². The summed E-state index contributed by atoms with van der Waals surface area (Å²) in [6.07, 6.45) is 9.16. The van der Waals surface area contributed by atoms with Crippen LogP contribution in [-0.4, -0.2) is 36.6 Å². The lowest BCUT2D eigenvalue weighted by Gasteiger charge is -2.31. The van der Waals surface area contributed by atoms with Gasteiger partial charge in [0.05, 0.1) is 5.69 Å². The number of carbonyl (C=O) groups is 1. The molecule has 2 N–H and O–H groups in total. The Hall–Kier alpha value is -1.62. The molecule has 1 unspecified atom stereocenters. The smallest absolute Gasteiger partial charge is 0.319 e. The molecule has 1 atom stereocenters. The van der Waals surface area contributed by atoms with E-state index < -0.39 is 5.82 Å². The molecule has 1 aliphatic carbocycles. The van der Waals surface area contributed by atoms with Crippen molar-refractivity contribution in [3.63, 3.8) is 0 Å². The zero-order valence-corrected chi connectivity index (χ0v) is 14.3. The predicted octanol–water partition coefficient (Wildman–Crippen LogP) is 3.99. The molecule has 5 heteroatoms. The number of halogens is 1. The molecular weight excluding hydrogens is 305 g/mol. The highest BCUT2D eigenvalue weighted by molar-refractivity contribution is 5.89. The van der Waals surface area contributed by atoms with E-state index in [1.807, 2.05) is 0 Å². The quantitative estimate of drug-likeness (QED) is 0.856. The first-order chi connectivity index (χ1) is 11.7. The maximum absolute atomic E-state index is 13.6. The molecule has 0 aromatic heterocycles. The highest BCUT2D eigenvalue weighted by Crippen LogP contribution is 2.27. The lowest BCUT2D eigenvalue weighted by atomic mass is 9.89. The molecule has 1 aliphatic heterocycles. The van der Waals surface area contributed by atoms with Crippen LogP contribution in [0.2, 0.25) is 0 Å². The average molecular weight is 333 g/mol. The van der Waals surface area contributed by atoms with Gasteiger partial charge in [0.2, 0.25) is 0 Å². The molecule has 1 aromatic rings. The van der Waals surface area contributed by atoms with E-state index in [4.69, 9.17) is 0 Å². The maximum atomic E-state index is 13.6. The van der Waals surface area contributed by atoms with Crippen molar-refractivity contribution in [2.24, 2.45) is 5.92 Å². The van der Waals surface area contributed by atoms with Crippen molar-refractivity contribution in [2.75, 3.05) is 25.0 Å². The molecular formula is C19H28FN3O. The fourth-order valence-electron chi connectivity index (χ4n) is 4.01. The summed E-state index contributed by atoms with van der Waals surface area (Å²) in [4.78, 5) is 14.6. The van der Waals surface area contributed by atoms with E-state index in [1.165, 1.54) is 51.1 Å². The summed E-state index contributed by atoms with van der Waals surface area (Å²) in [6, 6.07) is 6.32. The molecule has 1 saturated carbocycles. The number of urea groups is 1. The summed E-state index contributed by atoms with van der Waals surface area (Å²) < 4.78 is 13.6. The lowest BCUT2D eigenvalue weighted by Crippen LogP contribution is -2.43. The molecule has 0 bridgehead atoms. The highest BCUT2D eigenvalue weighted by Gasteiger charge is 2.27. The number of likely N-dealkylation sites (tertiary alicyclic amines) is 1. The van der Waals surface area contributed by atoms with E-state index in [9.17, 15) is 9.18 Å². The molecule has 3 rings (SSSR count). The number of rotatable bonds is 5. The van der Waals surface area contributed by atoms with Crippen LogP contribution in [0.4, 0.5) is 14.9 Å². The summed E-state index contributed by atoms with van der Waals surface area (Å²) in [7, 11) is 0. The summed E-state index contributed by atoms with van der Waals surface area (Å²) in [5.41, 5.74) is 0.223. The van der Waals surface area contributed by atoms with Gasteiger partial charge in [-0.15, -0.1) is 0 Å². The molecule has 1 saturated heterocycles. The Bertz CT molecular complexity index is 545. The predicted molar refractivity (Wildman–Crippen MR) is 94.6 cm³/mol. The molecule has 132 valence electrons. The van der Waals surface area contributed by atoms with Crippen LogP contribution in [0.25, 0.3) is 0 Å². The third-order valence-corrected chi connectivity index (χ3v) is 5.34. The number of hydrogen-bond donors (Lipinski definition) is 2. The number of nitrogens with zero attached hydrogens (tertiary/aromatic N) is 1. The second kappa shape index (κ2) is 8.47. The Morgan fingerprint density at radius 3 is 2.71 bits per heavy atom. The minimum absolute atomic E-state index is 0.223. The molecule has 2 amide bonds. The minimum Gasteiger partial charge on any atom is -0.336 e. The Kier molecular flexibility index (Phi) is 6.07. The number of para-hydroxylation sites is 1. The van der Waals surface area contributed by atoms with Crippen molar-refractivity contribution in [3.05, 3.63) is 30.1 Å². The maximum Gasteiger partial charge on any atom is 0.319 e. The standard InChI is InChI=1S/C19H28FN3O/c20-17-10-4-5-11-18(17)22-19(24)21-13-16-9-6-12-23(16)14-15-7-2-1-3-8-15/h4-5,10-11,15-16H,1-3,6-9,12-14H2,(H2,21,22,24). The lowest BCUT2D eigenvalue weighted by molar-refractivity contribution is 0.185. The van der Waals surface area contributed by atoms with Crippen LogP contribution in [0.15, 0.2) is 24.3 Å². The van der Waals surface area contributed by atoms with Gasteiger partial charge in [-0.05, 0) is 50.3 Å². The molecule has 2 fully saturated rings. The van der Waals surface area contributed by atoms with Gasteiger partial charge in [0.25, 0.3) is 0 Å². The molecule has 24 heavy (non-hydrogen) atoms. The number of anilines is 1. The van der Waals surface area contributed by atoms with Gasteiger partial charge >= 0.3 is 6.03 Å². The van der Waals surface area contributed by atoms with Gasteiger partial charge in [0.15, 0.2) is 0 Å². The first-order valence-corrected chi connectivity index (χ1v) is 9.26. The Labute approximate surface area is 143 Å². The van der Waals surface area contributed by atoms with E-state index >= 15 is 0 Å². The van der Waals surface area contributed by atoms with Crippen molar-refractivity contribution < 1.29 is 9.18 Å². The normalized spacial score (nSPS) is 22.5. The van der Waals surface area contributed by atoms with Crippen LogP contribution in [0.3, 0.4) is 0 Å². The fraction of sp³-hybridized carbons (Fsp3) is 0.632. The van der Waals surface area contributed by atoms with Crippen molar-refractivity contribution in [2.45, 2.75) is 51.0 Å². The van der Waals surface area contributed by atoms with Crippen LogP contribution < -0.4 is 10.6 Å². The Balaban J connectivity index is 1.44. The van der Waals surface area contributed by atoms with Gasteiger partial charge in [-0.2, -0.15) is 0 Å². The Morgan fingerprint density at radius 2 is 1.92 bits per heavy atom. The van der Waals surface area contributed by atoms with Crippen molar-refractivity contribution in [1.82, 2.24) is 10.2 Å². The molecule has 4 nitrogen and oxygen atoms in total. The van der Waals surface area contributed by atoms with Crippen molar-refractivity contribution in [1.29, 1.82) is 0 Å². The summed E-state index contributed by atoms with van der Waals surface area (Å²) in [6.45, 7) is 2.94. The van der Waals surface area contributed by atoms with Crippen LogP contribution in [0, 0.1) is 11.7 Å². The SMILES string of the molecule is O=C(NCC1CCCN1CC1CCCCC1)Nc1ccccc1F. The van der Waals surface area contributed by atoms with Crippen LogP contribution >= 0.6 is 0 Å². The summed E-state index contributed by atoms with van der Waals surface area (Å²) in [5, 5.41) is 5.50. The zero-order valence-electron chi connectivity index (χ0n) is 14.3. The Morgan fingerprint density at radius 1 is 1.12 bits per heavy atom. The molecule has 2 aliphatic rings.